The first-order valence-corrected chi connectivity index (χ1v) is 14.4. The van der Waals surface area contributed by atoms with E-state index < -0.39 is 5.39 Å². The number of hydrogen-bond acceptors (Lipinski definition) is 7. The number of nitrogens with zero attached hydrogens (tertiary/aromatic N) is 2. The fourth-order valence-electron chi connectivity index (χ4n) is 2.93. The molecule has 10 heteroatoms. The Kier molecular flexibility index (Phi) is 5.86. The van der Waals surface area contributed by atoms with E-state index in [-0.39, 0.29) is 0 Å². The molecule has 0 bridgehead atoms. The van der Waals surface area contributed by atoms with Gasteiger partial charge in [-0.3, -0.25) is 5.41 Å². The van der Waals surface area contributed by atoms with Crippen LogP contribution in [0.25, 0.3) is 0 Å². The zero-order chi connectivity index (χ0) is 20.6. The van der Waals surface area contributed by atoms with E-state index in [9.17, 15) is 0 Å². The Bertz CT molecular complexity index is 1150. The minimum atomic E-state index is -2.35. The average Bonchev–Trinajstić information content (AvgIpc) is 3.12. The van der Waals surface area contributed by atoms with Gasteiger partial charge in [0.15, 0.2) is 0 Å². The second-order valence-electron chi connectivity index (χ2n) is 6.10. The van der Waals surface area contributed by atoms with Gasteiger partial charge in [-0.15, -0.1) is 11.8 Å². The van der Waals surface area contributed by atoms with Crippen LogP contribution in [0.3, 0.4) is 0 Å². The highest BCUT2D eigenvalue weighted by Gasteiger charge is 2.36. The highest BCUT2D eigenvalue weighted by atomic mass is 32.9. The maximum absolute atomic E-state index is 8.71. The largest absolute Gasteiger partial charge is 0.497 e. The zero-order valence-corrected chi connectivity index (χ0v) is 19.7. The molecule has 1 aromatic heterocycles. The Labute approximate surface area is 187 Å². The molecule has 2 heterocycles. The van der Waals surface area contributed by atoms with Gasteiger partial charge in [-0.05, 0) is 41.9 Å². The summed E-state index contributed by atoms with van der Waals surface area (Å²) in [4.78, 5) is 0.575. The summed E-state index contributed by atoms with van der Waals surface area (Å²) in [5.74, 6) is 1.47. The lowest BCUT2D eigenvalue weighted by Gasteiger charge is -2.29. The molecule has 0 saturated heterocycles. The monoisotopic (exact) mass is 476 g/mol. The number of hydrogen-bond donors (Lipinski definition) is 2. The van der Waals surface area contributed by atoms with Crippen molar-refractivity contribution in [2.75, 3.05) is 18.5 Å². The lowest BCUT2D eigenvalue weighted by molar-refractivity contribution is 0.415. The second kappa shape index (κ2) is 8.24. The first-order valence-electron chi connectivity index (χ1n) is 8.55. The Morgan fingerprint density at radius 2 is 1.90 bits per heavy atom. The molecule has 3 aromatic rings. The van der Waals surface area contributed by atoms with Crippen molar-refractivity contribution >= 4 is 73.7 Å². The van der Waals surface area contributed by atoms with Crippen molar-refractivity contribution in [2.45, 2.75) is 5.03 Å². The van der Waals surface area contributed by atoms with E-state index in [0.29, 0.717) is 15.9 Å². The van der Waals surface area contributed by atoms with E-state index in [2.05, 4.69) is 5.09 Å². The molecule has 1 aliphatic rings. The first-order chi connectivity index (χ1) is 14.0. The third-order valence-electron chi connectivity index (χ3n) is 4.37. The number of aromatic nitrogens is 2. The molecule has 0 fully saturated rings. The summed E-state index contributed by atoms with van der Waals surface area (Å²) in [7, 11) is 1.64. The summed E-state index contributed by atoms with van der Waals surface area (Å²) >= 11 is 14.7. The molecule has 0 radical (unpaired) electrons. The van der Waals surface area contributed by atoms with Crippen LogP contribution in [0.2, 0.25) is 0 Å². The number of fused-ring (bicyclic) bond motifs is 1. The van der Waals surface area contributed by atoms with Crippen LogP contribution in [0.4, 0.5) is 5.82 Å². The Hall–Kier alpha value is -1.64. The predicted molar refractivity (Wildman–Crippen MR) is 133 cm³/mol. The predicted octanol–water partition coefficient (Wildman–Crippen LogP) is 4.96. The molecule has 0 amide bonds. The summed E-state index contributed by atoms with van der Waals surface area (Å²) < 4.78 is 6.97. The van der Waals surface area contributed by atoms with E-state index in [1.807, 2.05) is 60.9 Å². The highest BCUT2D eigenvalue weighted by Crippen LogP contribution is 2.62. The van der Waals surface area contributed by atoms with Crippen LogP contribution in [0.15, 0.2) is 59.6 Å². The van der Waals surface area contributed by atoms with Crippen LogP contribution < -0.4 is 15.1 Å². The molecular formula is C19H17N4OPS4. The van der Waals surface area contributed by atoms with Crippen molar-refractivity contribution in [1.29, 1.82) is 5.41 Å². The van der Waals surface area contributed by atoms with Gasteiger partial charge in [0.2, 0.25) is 0 Å². The van der Waals surface area contributed by atoms with Gasteiger partial charge in [-0.2, -0.15) is 5.10 Å². The van der Waals surface area contributed by atoms with Gasteiger partial charge in [0, 0.05) is 10.9 Å². The average molecular weight is 477 g/mol. The van der Waals surface area contributed by atoms with Crippen LogP contribution in [0.5, 0.6) is 5.75 Å². The summed E-state index contributed by atoms with van der Waals surface area (Å²) in [5.41, 5.74) is 1.65. The molecule has 4 rings (SSSR count). The van der Waals surface area contributed by atoms with Gasteiger partial charge >= 0.3 is 0 Å². The van der Waals surface area contributed by atoms with Crippen LogP contribution in [0.1, 0.15) is 11.1 Å². The van der Waals surface area contributed by atoms with Crippen molar-refractivity contribution in [1.82, 2.24) is 9.78 Å². The lowest BCUT2D eigenvalue weighted by atomic mass is 10.2. The third-order valence-corrected chi connectivity index (χ3v) is 11.4. The van der Waals surface area contributed by atoms with E-state index >= 15 is 0 Å². The minimum Gasteiger partial charge on any atom is -0.497 e. The lowest BCUT2D eigenvalue weighted by Crippen LogP contribution is -2.21. The molecule has 148 valence electrons. The zero-order valence-electron chi connectivity index (χ0n) is 15.6. The van der Waals surface area contributed by atoms with Gasteiger partial charge in [-0.25, -0.2) is 4.68 Å². The number of thiocarbonyl (C=S) groups is 1. The SMILES string of the molecule is COc1ccc(P2(=S)Nc3c(c(SC)nn3C(=S)c3ccccc3)C(=N)S2)cc1. The van der Waals surface area contributed by atoms with E-state index in [0.717, 1.165) is 27.2 Å². The maximum atomic E-state index is 8.71. The van der Waals surface area contributed by atoms with Gasteiger partial charge in [0.25, 0.3) is 0 Å². The van der Waals surface area contributed by atoms with Crippen LogP contribution >= 0.6 is 40.8 Å². The Morgan fingerprint density at radius 1 is 1.21 bits per heavy atom. The number of nitrogens with one attached hydrogen (secondary N) is 2. The summed E-state index contributed by atoms with van der Waals surface area (Å²) in [6.45, 7) is 0. The molecule has 29 heavy (non-hydrogen) atoms. The number of methoxy groups -OCH3 is 1. The van der Waals surface area contributed by atoms with Crippen molar-refractivity contribution in [3.63, 3.8) is 0 Å². The molecular weight excluding hydrogens is 459 g/mol. The Balaban J connectivity index is 1.81. The number of ether oxygens (including phenoxy) is 1. The number of thioether (sulfide) groups is 1. The molecule has 0 aliphatic carbocycles. The first kappa shape index (κ1) is 20.6. The summed E-state index contributed by atoms with van der Waals surface area (Å²) in [5, 5.41) is 16.7. The molecule has 0 spiro atoms. The molecule has 1 atom stereocenters. The third kappa shape index (κ3) is 3.78. The fourth-order valence-corrected chi connectivity index (χ4v) is 9.10. The standard InChI is InChI=1S/C19H17N4OPS4/c1-24-13-8-10-14(11-9-13)25(27)22-17-15(16(20)29-25)18(28-2)21-23(17)19(26)12-6-4-3-5-7-12/h3-11,20H,1-2H3,(H,22,27). The molecule has 1 unspecified atom stereocenters. The van der Waals surface area contributed by atoms with E-state index in [4.69, 9.17) is 39.3 Å². The van der Waals surface area contributed by atoms with Gasteiger partial charge in [0.05, 0.1) is 12.7 Å². The molecule has 2 aromatic carbocycles. The topological polar surface area (TPSA) is 62.9 Å². The maximum Gasteiger partial charge on any atom is 0.146 e. The quantitative estimate of drug-likeness (QED) is 0.314. The fraction of sp³-hybridized carbons (Fsp3) is 0.105. The van der Waals surface area contributed by atoms with Gasteiger partial charge in [0.1, 0.15) is 32.0 Å². The van der Waals surface area contributed by atoms with Crippen molar-refractivity contribution in [3.8, 4) is 5.75 Å². The number of benzene rings is 2. The minimum absolute atomic E-state index is 0.421. The van der Waals surface area contributed by atoms with Crippen molar-refractivity contribution < 1.29 is 4.74 Å². The number of rotatable bonds is 4. The molecule has 5 nitrogen and oxygen atoms in total. The smallest absolute Gasteiger partial charge is 0.146 e. The summed E-state index contributed by atoms with van der Waals surface area (Å²) in [6.07, 6.45) is 1.95. The van der Waals surface area contributed by atoms with Gasteiger partial charge in [-0.1, -0.05) is 54.4 Å². The van der Waals surface area contributed by atoms with E-state index in [1.165, 1.54) is 23.1 Å². The second-order valence-corrected chi connectivity index (χ2v) is 14.2. The molecule has 0 saturated carbocycles. The van der Waals surface area contributed by atoms with Crippen LogP contribution in [-0.2, 0) is 11.8 Å². The van der Waals surface area contributed by atoms with Crippen molar-refractivity contribution in [2.24, 2.45) is 0 Å². The normalized spacial score (nSPS) is 18.1. The molecule has 1 aliphatic heterocycles. The Morgan fingerprint density at radius 3 is 2.52 bits per heavy atom. The van der Waals surface area contributed by atoms with Crippen LogP contribution in [0, 0.1) is 5.41 Å². The number of anilines is 1. The van der Waals surface area contributed by atoms with E-state index in [1.54, 1.807) is 11.8 Å². The molecule has 2 N–H and O–H groups in total. The van der Waals surface area contributed by atoms with Gasteiger partial charge < -0.3 is 9.82 Å². The highest BCUT2D eigenvalue weighted by molar-refractivity contribution is 8.78. The van der Waals surface area contributed by atoms with Crippen molar-refractivity contribution in [3.05, 3.63) is 65.7 Å². The van der Waals surface area contributed by atoms with Crippen LogP contribution in [-0.4, -0.2) is 33.2 Å². The summed E-state index contributed by atoms with van der Waals surface area (Å²) in [6, 6.07) is 17.5.